The van der Waals surface area contributed by atoms with E-state index in [1.165, 1.54) is 0 Å². The number of H-pyrrole nitrogens is 1. The van der Waals surface area contributed by atoms with Gasteiger partial charge in [0.25, 0.3) is 0 Å². The monoisotopic (exact) mass is 285 g/mol. The van der Waals surface area contributed by atoms with Crippen LogP contribution in [0.4, 0.5) is 0 Å². The number of aryl methyl sites for hydroxylation is 1. The van der Waals surface area contributed by atoms with E-state index in [1.54, 1.807) is 19.3 Å². The number of piperidine rings is 1. The summed E-state index contributed by atoms with van der Waals surface area (Å²) in [6.45, 7) is 5.12. The average Bonchev–Trinajstić information content (AvgIpc) is 3.01. The molecule has 2 aromatic heterocycles. The van der Waals surface area contributed by atoms with Crippen LogP contribution in [0.2, 0.25) is 0 Å². The molecule has 6 heteroatoms. The van der Waals surface area contributed by atoms with Gasteiger partial charge in [0.05, 0.1) is 0 Å². The summed E-state index contributed by atoms with van der Waals surface area (Å²) in [5.41, 5.74) is 1.73. The Morgan fingerprint density at radius 3 is 3.00 bits per heavy atom. The van der Waals surface area contributed by atoms with E-state index in [-0.39, 0.29) is 11.8 Å². The summed E-state index contributed by atoms with van der Waals surface area (Å²) in [5.74, 6) is 1.89. The van der Waals surface area contributed by atoms with Gasteiger partial charge in [-0.1, -0.05) is 0 Å². The van der Waals surface area contributed by atoms with Crippen LogP contribution in [0.3, 0.4) is 0 Å². The van der Waals surface area contributed by atoms with Gasteiger partial charge in [0.1, 0.15) is 11.5 Å². The molecule has 2 aromatic rings. The van der Waals surface area contributed by atoms with E-state index in [4.69, 9.17) is 0 Å². The van der Waals surface area contributed by atoms with Crippen molar-refractivity contribution in [3.63, 3.8) is 0 Å². The van der Waals surface area contributed by atoms with Crippen molar-refractivity contribution in [3.05, 3.63) is 30.0 Å². The quantitative estimate of drug-likeness (QED) is 0.914. The number of amides is 1. The summed E-state index contributed by atoms with van der Waals surface area (Å²) in [5, 5.41) is 0. The summed E-state index contributed by atoms with van der Waals surface area (Å²) >= 11 is 0. The zero-order valence-electron chi connectivity index (χ0n) is 12.3. The van der Waals surface area contributed by atoms with Crippen LogP contribution >= 0.6 is 0 Å². The summed E-state index contributed by atoms with van der Waals surface area (Å²) in [4.78, 5) is 30.0. The first-order chi connectivity index (χ1) is 10.1. The second kappa shape index (κ2) is 5.63. The number of aromatic amines is 1. The highest BCUT2D eigenvalue weighted by Crippen LogP contribution is 2.26. The SMILES string of the molecule is CC(=O)N1CCC[C@H](c2nc(C)cc(-c3ncc[nH]3)n2)C1. The van der Waals surface area contributed by atoms with Gasteiger partial charge in [0, 0.05) is 44.0 Å². The first-order valence-corrected chi connectivity index (χ1v) is 7.24. The third kappa shape index (κ3) is 2.94. The molecule has 1 saturated heterocycles. The molecule has 3 heterocycles. The average molecular weight is 285 g/mol. The maximum Gasteiger partial charge on any atom is 0.219 e. The molecular weight excluding hydrogens is 266 g/mol. The fraction of sp³-hybridized carbons (Fsp3) is 0.467. The van der Waals surface area contributed by atoms with Crippen LogP contribution in [-0.4, -0.2) is 43.8 Å². The molecule has 1 aliphatic heterocycles. The lowest BCUT2D eigenvalue weighted by atomic mass is 9.97. The Labute approximate surface area is 123 Å². The summed E-state index contributed by atoms with van der Waals surface area (Å²) in [6.07, 6.45) is 5.51. The Balaban J connectivity index is 1.90. The number of carbonyl (C=O) groups excluding carboxylic acids is 1. The van der Waals surface area contributed by atoms with Gasteiger partial charge in [0.2, 0.25) is 5.91 Å². The third-order valence-electron chi connectivity index (χ3n) is 3.84. The lowest BCUT2D eigenvalue weighted by Crippen LogP contribution is -2.38. The normalized spacial score (nSPS) is 18.8. The van der Waals surface area contributed by atoms with E-state index < -0.39 is 0 Å². The maximum absolute atomic E-state index is 11.6. The van der Waals surface area contributed by atoms with Gasteiger partial charge in [-0.3, -0.25) is 4.79 Å². The number of nitrogens with one attached hydrogen (secondary N) is 1. The number of likely N-dealkylation sites (tertiary alicyclic amines) is 1. The van der Waals surface area contributed by atoms with E-state index in [0.717, 1.165) is 42.4 Å². The molecule has 1 atom stereocenters. The molecule has 0 unspecified atom stereocenters. The summed E-state index contributed by atoms with van der Waals surface area (Å²) < 4.78 is 0. The van der Waals surface area contributed by atoms with Gasteiger partial charge in [-0.2, -0.15) is 0 Å². The fourth-order valence-electron chi connectivity index (χ4n) is 2.77. The number of nitrogens with zero attached hydrogens (tertiary/aromatic N) is 4. The van der Waals surface area contributed by atoms with Crippen molar-refractivity contribution < 1.29 is 4.79 Å². The van der Waals surface area contributed by atoms with E-state index in [2.05, 4.69) is 19.9 Å². The predicted molar refractivity (Wildman–Crippen MR) is 78.6 cm³/mol. The van der Waals surface area contributed by atoms with Crippen LogP contribution < -0.4 is 0 Å². The highest BCUT2D eigenvalue weighted by atomic mass is 16.2. The molecule has 0 aliphatic carbocycles. The molecule has 0 spiro atoms. The van der Waals surface area contributed by atoms with Crippen LogP contribution in [-0.2, 0) is 4.79 Å². The molecule has 0 radical (unpaired) electrons. The molecule has 1 N–H and O–H groups in total. The Morgan fingerprint density at radius 2 is 2.29 bits per heavy atom. The second-order valence-corrected chi connectivity index (χ2v) is 5.49. The van der Waals surface area contributed by atoms with Crippen LogP contribution in [0.25, 0.3) is 11.5 Å². The van der Waals surface area contributed by atoms with E-state index in [0.29, 0.717) is 6.54 Å². The van der Waals surface area contributed by atoms with Crippen molar-refractivity contribution in [2.75, 3.05) is 13.1 Å². The maximum atomic E-state index is 11.6. The van der Waals surface area contributed by atoms with Crippen molar-refractivity contribution in [2.24, 2.45) is 0 Å². The van der Waals surface area contributed by atoms with E-state index in [9.17, 15) is 4.79 Å². The van der Waals surface area contributed by atoms with Crippen molar-refractivity contribution >= 4 is 5.91 Å². The van der Waals surface area contributed by atoms with Crippen LogP contribution in [0.5, 0.6) is 0 Å². The van der Waals surface area contributed by atoms with Gasteiger partial charge in [-0.15, -0.1) is 0 Å². The summed E-state index contributed by atoms with van der Waals surface area (Å²) in [7, 11) is 0. The second-order valence-electron chi connectivity index (χ2n) is 5.49. The molecule has 6 nitrogen and oxygen atoms in total. The number of hydrogen-bond acceptors (Lipinski definition) is 4. The lowest BCUT2D eigenvalue weighted by molar-refractivity contribution is -0.130. The molecular formula is C15H19N5O. The molecule has 0 bridgehead atoms. The molecule has 21 heavy (non-hydrogen) atoms. The van der Waals surface area contributed by atoms with E-state index in [1.807, 2.05) is 17.9 Å². The number of aromatic nitrogens is 4. The fourth-order valence-corrected chi connectivity index (χ4v) is 2.77. The highest BCUT2D eigenvalue weighted by Gasteiger charge is 2.25. The molecule has 1 fully saturated rings. The minimum absolute atomic E-state index is 0.124. The number of hydrogen-bond donors (Lipinski definition) is 1. The minimum Gasteiger partial charge on any atom is -0.343 e. The largest absolute Gasteiger partial charge is 0.343 e. The predicted octanol–water partition coefficient (Wildman–Crippen LogP) is 1.90. The zero-order chi connectivity index (χ0) is 14.8. The highest BCUT2D eigenvalue weighted by molar-refractivity contribution is 5.73. The van der Waals surface area contributed by atoms with Gasteiger partial charge in [-0.05, 0) is 25.8 Å². The molecule has 1 amide bonds. The van der Waals surface area contributed by atoms with E-state index >= 15 is 0 Å². The topological polar surface area (TPSA) is 74.8 Å². The number of rotatable bonds is 2. The molecule has 3 rings (SSSR count). The Hall–Kier alpha value is -2.24. The van der Waals surface area contributed by atoms with Crippen LogP contribution in [0, 0.1) is 6.92 Å². The Kier molecular flexibility index (Phi) is 3.68. The third-order valence-corrected chi connectivity index (χ3v) is 3.84. The van der Waals surface area contributed by atoms with Crippen LogP contribution in [0.15, 0.2) is 18.5 Å². The Bertz CT molecular complexity index is 638. The van der Waals surface area contributed by atoms with Crippen LogP contribution in [0.1, 0.15) is 37.2 Å². The van der Waals surface area contributed by atoms with Crippen molar-refractivity contribution in [1.82, 2.24) is 24.8 Å². The zero-order valence-corrected chi connectivity index (χ0v) is 12.3. The molecule has 1 aliphatic rings. The summed E-state index contributed by atoms with van der Waals surface area (Å²) in [6, 6.07) is 1.92. The lowest BCUT2D eigenvalue weighted by Gasteiger charge is -2.31. The van der Waals surface area contributed by atoms with Gasteiger partial charge >= 0.3 is 0 Å². The van der Waals surface area contributed by atoms with Crippen molar-refractivity contribution in [1.29, 1.82) is 0 Å². The van der Waals surface area contributed by atoms with Crippen molar-refractivity contribution in [2.45, 2.75) is 32.6 Å². The minimum atomic E-state index is 0.124. The van der Waals surface area contributed by atoms with Gasteiger partial charge in [0.15, 0.2) is 5.82 Å². The number of imidazole rings is 1. The molecule has 110 valence electrons. The first kappa shape index (κ1) is 13.7. The smallest absolute Gasteiger partial charge is 0.219 e. The molecule has 0 aromatic carbocycles. The first-order valence-electron chi connectivity index (χ1n) is 7.24. The Morgan fingerprint density at radius 1 is 1.43 bits per heavy atom. The number of carbonyl (C=O) groups is 1. The van der Waals surface area contributed by atoms with Gasteiger partial charge < -0.3 is 9.88 Å². The molecule has 0 saturated carbocycles. The standard InChI is InChI=1S/C15H19N5O/c1-10-8-13(15-16-5-6-17-15)19-14(18-10)12-4-3-7-20(9-12)11(2)21/h5-6,8,12H,3-4,7,9H2,1-2H3,(H,16,17)/t12-/m0/s1. The van der Waals surface area contributed by atoms with Gasteiger partial charge in [-0.25, -0.2) is 15.0 Å². The van der Waals surface area contributed by atoms with Crippen molar-refractivity contribution in [3.8, 4) is 11.5 Å².